The zero-order valence-electron chi connectivity index (χ0n) is 16.9. The van der Waals surface area contributed by atoms with E-state index < -0.39 is 35.4 Å². The van der Waals surface area contributed by atoms with Gasteiger partial charge in [0.2, 0.25) is 17.5 Å². The predicted octanol–water partition coefficient (Wildman–Crippen LogP) is 3.56. The maximum Gasteiger partial charge on any atom is 0.451 e. The largest absolute Gasteiger partial charge is 0.451 e. The van der Waals surface area contributed by atoms with Gasteiger partial charge in [0.05, 0.1) is 0 Å². The van der Waals surface area contributed by atoms with E-state index in [1.54, 1.807) is 20.8 Å². The summed E-state index contributed by atoms with van der Waals surface area (Å²) >= 11 is 0. The van der Waals surface area contributed by atoms with Crippen LogP contribution in [0.5, 0.6) is 0 Å². The van der Waals surface area contributed by atoms with Gasteiger partial charge in [-0.2, -0.15) is 13.2 Å². The SMILES string of the molecule is CC(C)(C)OC(=O)NCCC(=O)Nc1ccc2c(c1)C(=O)c1nc(C(F)(F)F)ncc1-2. The van der Waals surface area contributed by atoms with E-state index >= 15 is 0 Å². The topological polar surface area (TPSA) is 110 Å². The molecule has 11 heteroatoms. The molecule has 2 N–H and O–H groups in total. The van der Waals surface area contributed by atoms with E-state index in [2.05, 4.69) is 20.6 Å². The molecule has 164 valence electrons. The van der Waals surface area contributed by atoms with Crippen molar-refractivity contribution < 1.29 is 32.3 Å². The van der Waals surface area contributed by atoms with Gasteiger partial charge in [-0.1, -0.05) is 6.07 Å². The van der Waals surface area contributed by atoms with E-state index in [0.717, 1.165) is 6.20 Å². The Morgan fingerprint density at radius 2 is 1.81 bits per heavy atom. The van der Waals surface area contributed by atoms with Crippen molar-refractivity contribution in [3.8, 4) is 11.1 Å². The number of halogens is 3. The van der Waals surface area contributed by atoms with E-state index in [0.29, 0.717) is 5.56 Å². The van der Waals surface area contributed by atoms with Gasteiger partial charge in [0, 0.05) is 36.0 Å². The van der Waals surface area contributed by atoms with Crippen LogP contribution in [0.2, 0.25) is 0 Å². The highest BCUT2D eigenvalue weighted by Gasteiger charge is 2.38. The fourth-order valence-electron chi connectivity index (χ4n) is 2.88. The van der Waals surface area contributed by atoms with Crippen molar-refractivity contribution in [3.05, 3.63) is 41.5 Å². The highest BCUT2D eigenvalue weighted by atomic mass is 19.4. The molecule has 2 aromatic rings. The van der Waals surface area contributed by atoms with E-state index in [1.165, 1.54) is 18.2 Å². The number of anilines is 1. The maximum atomic E-state index is 12.8. The number of benzene rings is 1. The number of nitrogens with one attached hydrogen (secondary N) is 2. The Hall–Kier alpha value is -3.50. The molecule has 0 saturated carbocycles. The summed E-state index contributed by atoms with van der Waals surface area (Å²) in [5, 5.41) is 5.03. The number of hydrogen-bond acceptors (Lipinski definition) is 6. The Morgan fingerprint density at radius 3 is 2.45 bits per heavy atom. The number of rotatable bonds is 4. The standard InChI is InChI=1S/C20H19F3N4O4/c1-19(2,3)31-18(30)24-7-6-14(28)26-10-4-5-11-12(8-10)16(29)15-13(11)9-25-17(27-15)20(21,22)23/h4-5,8-9H,6-7H2,1-3H3,(H,24,30)(H,26,28). The van der Waals surface area contributed by atoms with Crippen molar-refractivity contribution in [2.75, 3.05) is 11.9 Å². The van der Waals surface area contributed by atoms with Gasteiger partial charge >= 0.3 is 12.3 Å². The lowest BCUT2D eigenvalue weighted by atomic mass is 10.1. The second kappa shape index (κ2) is 7.97. The molecule has 8 nitrogen and oxygen atoms in total. The van der Waals surface area contributed by atoms with E-state index in [-0.39, 0.29) is 35.5 Å². The van der Waals surface area contributed by atoms with Crippen LogP contribution >= 0.6 is 0 Å². The molecule has 2 amide bonds. The maximum absolute atomic E-state index is 12.8. The summed E-state index contributed by atoms with van der Waals surface area (Å²) < 4.78 is 43.6. The number of aromatic nitrogens is 2. The quantitative estimate of drug-likeness (QED) is 0.647. The van der Waals surface area contributed by atoms with Gasteiger partial charge in [-0.3, -0.25) is 9.59 Å². The predicted molar refractivity (Wildman–Crippen MR) is 103 cm³/mol. The molecule has 0 atom stereocenters. The summed E-state index contributed by atoms with van der Waals surface area (Å²) in [5.41, 5.74) is -0.000788. The third-order valence-corrected chi connectivity index (χ3v) is 4.12. The highest BCUT2D eigenvalue weighted by Crippen LogP contribution is 2.38. The first-order chi connectivity index (χ1) is 14.3. The molecule has 0 saturated heterocycles. The van der Waals surface area contributed by atoms with Crippen LogP contribution in [-0.2, 0) is 15.7 Å². The van der Waals surface area contributed by atoms with Gasteiger partial charge in [-0.25, -0.2) is 14.8 Å². The fraction of sp³-hybridized carbons (Fsp3) is 0.350. The molecule has 1 aliphatic rings. The molecule has 0 fully saturated rings. The Kier molecular flexibility index (Phi) is 5.70. The molecule has 0 radical (unpaired) electrons. The summed E-state index contributed by atoms with van der Waals surface area (Å²) in [5.74, 6) is -2.50. The molecule has 3 rings (SSSR count). The Morgan fingerprint density at radius 1 is 1.10 bits per heavy atom. The first kappa shape index (κ1) is 22.2. The summed E-state index contributed by atoms with van der Waals surface area (Å²) in [4.78, 5) is 42.9. The minimum absolute atomic E-state index is 0.0336. The second-order valence-electron chi connectivity index (χ2n) is 7.77. The lowest BCUT2D eigenvalue weighted by Gasteiger charge is -2.19. The molecule has 31 heavy (non-hydrogen) atoms. The van der Waals surface area contributed by atoms with Crippen molar-refractivity contribution >= 4 is 23.5 Å². The lowest BCUT2D eigenvalue weighted by Crippen LogP contribution is -2.34. The second-order valence-corrected chi connectivity index (χ2v) is 7.77. The average molecular weight is 436 g/mol. The average Bonchev–Trinajstić information content (AvgIpc) is 2.91. The molecule has 1 heterocycles. The van der Waals surface area contributed by atoms with E-state index in [4.69, 9.17) is 4.74 Å². The van der Waals surface area contributed by atoms with E-state index in [9.17, 15) is 27.6 Å². The molecule has 0 unspecified atom stereocenters. The number of carbonyl (C=O) groups excluding carboxylic acids is 3. The number of ether oxygens (including phenoxy) is 1. The Bertz CT molecular complexity index is 1060. The van der Waals surface area contributed by atoms with E-state index in [1.807, 2.05) is 0 Å². The smallest absolute Gasteiger partial charge is 0.444 e. The van der Waals surface area contributed by atoms with Crippen molar-refractivity contribution in [1.29, 1.82) is 0 Å². The number of alkyl carbamates (subject to hydrolysis) is 1. The first-order valence-electron chi connectivity index (χ1n) is 9.25. The van der Waals surface area contributed by atoms with Gasteiger partial charge in [0.25, 0.3) is 0 Å². The normalized spacial score (nSPS) is 12.8. The van der Waals surface area contributed by atoms with Gasteiger partial charge in [0.15, 0.2) is 0 Å². The van der Waals surface area contributed by atoms with Gasteiger partial charge in [-0.05, 0) is 38.5 Å². The summed E-state index contributed by atoms with van der Waals surface area (Å²) in [7, 11) is 0. The molecule has 1 aromatic carbocycles. The number of carbonyl (C=O) groups is 3. The van der Waals surface area contributed by atoms with Gasteiger partial charge < -0.3 is 15.4 Å². The lowest BCUT2D eigenvalue weighted by molar-refractivity contribution is -0.145. The number of fused-ring (bicyclic) bond motifs is 3. The molecule has 0 aliphatic heterocycles. The molecule has 1 aliphatic carbocycles. The molecular weight excluding hydrogens is 417 g/mol. The van der Waals surface area contributed by atoms with Crippen LogP contribution in [0.15, 0.2) is 24.4 Å². The zero-order chi connectivity index (χ0) is 23.0. The Labute approximate surface area is 175 Å². The van der Waals surface area contributed by atoms with Crippen LogP contribution in [0.25, 0.3) is 11.1 Å². The van der Waals surface area contributed by atoms with Crippen molar-refractivity contribution in [2.45, 2.75) is 39.0 Å². The number of alkyl halides is 3. The summed E-state index contributed by atoms with van der Waals surface area (Å²) in [6.07, 6.45) is -4.50. The minimum atomic E-state index is -4.77. The van der Waals surface area contributed by atoms with Gasteiger partial charge in [-0.15, -0.1) is 0 Å². The van der Waals surface area contributed by atoms with Crippen molar-refractivity contribution in [3.63, 3.8) is 0 Å². The van der Waals surface area contributed by atoms with Gasteiger partial charge in [0.1, 0.15) is 11.3 Å². The molecule has 1 aromatic heterocycles. The van der Waals surface area contributed by atoms with Crippen LogP contribution in [0, 0.1) is 0 Å². The molecule has 0 spiro atoms. The van der Waals surface area contributed by atoms with Crippen LogP contribution in [0.1, 0.15) is 49.1 Å². The monoisotopic (exact) mass is 436 g/mol. The van der Waals surface area contributed by atoms with Crippen LogP contribution in [-0.4, -0.2) is 39.9 Å². The first-order valence-corrected chi connectivity index (χ1v) is 9.25. The van der Waals surface area contributed by atoms with Crippen LogP contribution in [0.4, 0.5) is 23.7 Å². The number of nitrogens with zero attached hydrogens (tertiary/aromatic N) is 2. The van der Waals surface area contributed by atoms with Crippen LogP contribution < -0.4 is 10.6 Å². The summed E-state index contributed by atoms with van der Waals surface area (Å²) in [6.45, 7) is 5.17. The summed E-state index contributed by atoms with van der Waals surface area (Å²) in [6, 6.07) is 4.38. The van der Waals surface area contributed by atoms with Crippen molar-refractivity contribution in [1.82, 2.24) is 15.3 Å². The fourth-order valence-corrected chi connectivity index (χ4v) is 2.88. The molecule has 0 bridgehead atoms. The highest BCUT2D eigenvalue weighted by molar-refractivity contribution is 6.21. The number of ketones is 1. The third-order valence-electron chi connectivity index (χ3n) is 4.12. The van der Waals surface area contributed by atoms with Crippen molar-refractivity contribution in [2.24, 2.45) is 0 Å². The Balaban J connectivity index is 1.65. The third kappa shape index (κ3) is 5.16. The number of amides is 2. The molecular formula is C20H19F3N4O4. The zero-order valence-corrected chi connectivity index (χ0v) is 16.9. The minimum Gasteiger partial charge on any atom is -0.444 e. The van der Waals surface area contributed by atoms with Crippen LogP contribution in [0.3, 0.4) is 0 Å². The number of hydrogen-bond donors (Lipinski definition) is 2.